The minimum atomic E-state index is -0.340. The van der Waals surface area contributed by atoms with Gasteiger partial charge >= 0.3 is 0 Å². The molecule has 3 rings (SSSR count). The Morgan fingerprint density at radius 1 is 1.41 bits per heavy atom. The highest BCUT2D eigenvalue weighted by Gasteiger charge is 2.25. The van der Waals surface area contributed by atoms with Crippen LogP contribution in [-0.2, 0) is 0 Å². The highest BCUT2D eigenvalue weighted by Crippen LogP contribution is 2.31. The first-order valence-electron chi connectivity index (χ1n) is 5.17. The summed E-state index contributed by atoms with van der Waals surface area (Å²) in [6.45, 7) is 0. The van der Waals surface area contributed by atoms with E-state index >= 15 is 0 Å². The molecule has 4 heteroatoms. The number of pyridine rings is 1. The van der Waals surface area contributed by atoms with E-state index in [9.17, 15) is 4.79 Å². The summed E-state index contributed by atoms with van der Waals surface area (Å²) in [6, 6.07) is 3.40. The standard InChI is InChI=1S/C13H8ClNO2/c14-10-4-1-5-12-9(10)7-11(16)8-3-2-6-15-13(8)17-12/h1-7,10H. The van der Waals surface area contributed by atoms with Gasteiger partial charge in [0.2, 0.25) is 5.88 Å². The monoisotopic (exact) mass is 245 g/mol. The van der Waals surface area contributed by atoms with Gasteiger partial charge in [0.25, 0.3) is 0 Å². The van der Waals surface area contributed by atoms with Gasteiger partial charge in [0.15, 0.2) is 5.78 Å². The van der Waals surface area contributed by atoms with Crippen molar-refractivity contribution in [1.82, 2.24) is 4.98 Å². The van der Waals surface area contributed by atoms with Crippen LogP contribution in [0.1, 0.15) is 10.4 Å². The first-order chi connectivity index (χ1) is 8.25. The van der Waals surface area contributed by atoms with Crippen molar-refractivity contribution in [1.29, 1.82) is 0 Å². The second kappa shape index (κ2) is 3.86. The summed E-state index contributed by atoms with van der Waals surface area (Å²) in [4.78, 5) is 16.1. The molecule has 1 aromatic rings. The van der Waals surface area contributed by atoms with E-state index in [1.54, 1.807) is 30.5 Å². The zero-order valence-corrected chi connectivity index (χ0v) is 9.52. The van der Waals surface area contributed by atoms with Gasteiger partial charge in [-0.25, -0.2) is 4.98 Å². The van der Waals surface area contributed by atoms with E-state index in [0.29, 0.717) is 22.8 Å². The number of alkyl halides is 1. The van der Waals surface area contributed by atoms with Gasteiger partial charge < -0.3 is 4.74 Å². The summed E-state index contributed by atoms with van der Waals surface area (Å²) >= 11 is 6.12. The van der Waals surface area contributed by atoms with Crippen LogP contribution in [0.15, 0.2) is 54.0 Å². The minimum Gasteiger partial charge on any atom is -0.438 e. The molecule has 3 nitrogen and oxygen atoms in total. The second-order valence-corrected chi connectivity index (χ2v) is 4.21. The number of carbonyl (C=O) groups is 1. The van der Waals surface area contributed by atoms with Gasteiger partial charge in [0.05, 0.1) is 10.9 Å². The first-order valence-corrected chi connectivity index (χ1v) is 5.61. The Morgan fingerprint density at radius 2 is 2.29 bits per heavy atom. The van der Waals surface area contributed by atoms with E-state index in [1.165, 1.54) is 6.08 Å². The SMILES string of the molecule is O=C1C=C2C(=CC=CC2Cl)Oc2ncccc21. The molecular formula is C13H8ClNO2. The lowest BCUT2D eigenvalue weighted by Gasteiger charge is -2.15. The van der Waals surface area contributed by atoms with Gasteiger partial charge in [-0.3, -0.25) is 4.79 Å². The average molecular weight is 246 g/mol. The third-order valence-electron chi connectivity index (χ3n) is 2.64. The lowest BCUT2D eigenvalue weighted by Crippen LogP contribution is -2.10. The zero-order valence-electron chi connectivity index (χ0n) is 8.76. The molecule has 84 valence electrons. The quantitative estimate of drug-likeness (QED) is 0.660. The fourth-order valence-electron chi connectivity index (χ4n) is 1.80. The maximum Gasteiger partial charge on any atom is 0.230 e. The lowest BCUT2D eigenvalue weighted by atomic mass is 10.0. The molecule has 1 atom stereocenters. The van der Waals surface area contributed by atoms with E-state index in [2.05, 4.69) is 4.98 Å². The molecule has 1 aliphatic carbocycles. The van der Waals surface area contributed by atoms with Crippen molar-refractivity contribution >= 4 is 17.4 Å². The van der Waals surface area contributed by atoms with E-state index in [0.717, 1.165) is 0 Å². The normalized spacial score (nSPS) is 21.7. The van der Waals surface area contributed by atoms with Crippen LogP contribution < -0.4 is 4.74 Å². The number of halogens is 1. The molecule has 0 saturated carbocycles. The van der Waals surface area contributed by atoms with Crippen molar-refractivity contribution in [3.05, 3.63) is 59.5 Å². The van der Waals surface area contributed by atoms with Gasteiger partial charge in [0.1, 0.15) is 5.76 Å². The minimum absolute atomic E-state index is 0.132. The topological polar surface area (TPSA) is 39.2 Å². The molecule has 1 unspecified atom stereocenters. The van der Waals surface area contributed by atoms with Crippen LogP contribution in [0.3, 0.4) is 0 Å². The summed E-state index contributed by atoms with van der Waals surface area (Å²) < 4.78 is 5.63. The molecule has 0 aromatic carbocycles. The van der Waals surface area contributed by atoms with Crippen LogP contribution in [0, 0.1) is 0 Å². The molecule has 2 aliphatic rings. The van der Waals surface area contributed by atoms with Gasteiger partial charge in [0, 0.05) is 11.8 Å². The van der Waals surface area contributed by atoms with E-state index in [4.69, 9.17) is 16.3 Å². The summed E-state index contributed by atoms with van der Waals surface area (Å²) in [5.74, 6) is 0.778. The number of carbonyl (C=O) groups excluding carboxylic acids is 1. The molecule has 0 bridgehead atoms. The van der Waals surface area contributed by atoms with Gasteiger partial charge in [-0.15, -0.1) is 11.6 Å². The molecule has 1 aromatic heterocycles. The van der Waals surface area contributed by atoms with Crippen LogP contribution in [0.4, 0.5) is 0 Å². The van der Waals surface area contributed by atoms with E-state index in [-0.39, 0.29) is 11.2 Å². The molecule has 0 saturated heterocycles. The molecule has 2 heterocycles. The summed E-state index contributed by atoms with van der Waals surface area (Å²) in [6.07, 6.45) is 8.50. The second-order valence-electron chi connectivity index (χ2n) is 3.74. The molecule has 0 amide bonds. The van der Waals surface area contributed by atoms with Crippen LogP contribution >= 0.6 is 11.6 Å². The highest BCUT2D eigenvalue weighted by atomic mass is 35.5. The molecule has 17 heavy (non-hydrogen) atoms. The molecule has 0 N–H and O–H groups in total. The van der Waals surface area contributed by atoms with Crippen LogP contribution in [0.25, 0.3) is 0 Å². The van der Waals surface area contributed by atoms with Crippen molar-refractivity contribution < 1.29 is 9.53 Å². The summed E-state index contributed by atoms with van der Waals surface area (Å²) in [5, 5.41) is -0.340. The number of ketones is 1. The third kappa shape index (κ3) is 1.68. The predicted octanol–water partition coefficient (Wildman–Crippen LogP) is 2.64. The smallest absolute Gasteiger partial charge is 0.230 e. The molecule has 1 aliphatic heterocycles. The number of ether oxygens (including phenoxy) is 1. The number of hydrogen-bond acceptors (Lipinski definition) is 3. The molecule has 0 fully saturated rings. The molecule has 0 spiro atoms. The van der Waals surface area contributed by atoms with E-state index < -0.39 is 0 Å². The third-order valence-corrected chi connectivity index (χ3v) is 3.02. The highest BCUT2D eigenvalue weighted by molar-refractivity contribution is 6.25. The Labute approximate surface area is 103 Å². The maximum atomic E-state index is 12.0. The number of allylic oxidation sites excluding steroid dienone is 5. The summed E-state index contributed by atoms with van der Waals surface area (Å²) in [5.41, 5.74) is 1.14. The van der Waals surface area contributed by atoms with E-state index in [1.807, 2.05) is 6.08 Å². The van der Waals surface area contributed by atoms with Crippen LogP contribution in [0.5, 0.6) is 5.88 Å². The number of nitrogens with zero attached hydrogens (tertiary/aromatic N) is 1. The van der Waals surface area contributed by atoms with Crippen LogP contribution in [-0.4, -0.2) is 16.1 Å². The van der Waals surface area contributed by atoms with Crippen molar-refractivity contribution in [2.45, 2.75) is 5.38 Å². The molecular weight excluding hydrogens is 238 g/mol. The Bertz CT molecular complexity index is 587. The zero-order chi connectivity index (χ0) is 11.8. The Kier molecular flexibility index (Phi) is 2.34. The lowest BCUT2D eigenvalue weighted by molar-refractivity contribution is 0.104. The number of aromatic nitrogens is 1. The fourth-order valence-corrected chi connectivity index (χ4v) is 2.06. The number of fused-ring (bicyclic) bond motifs is 2. The van der Waals surface area contributed by atoms with Crippen molar-refractivity contribution in [2.75, 3.05) is 0 Å². The van der Waals surface area contributed by atoms with Crippen LogP contribution in [0.2, 0.25) is 0 Å². The van der Waals surface area contributed by atoms with Gasteiger partial charge in [-0.2, -0.15) is 0 Å². The molecule has 0 radical (unpaired) electrons. The summed E-state index contributed by atoms with van der Waals surface area (Å²) in [7, 11) is 0. The number of rotatable bonds is 0. The fraction of sp³-hybridized carbons (Fsp3) is 0.0769. The Balaban J connectivity index is 2.17. The Morgan fingerprint density at radius 3 is 3.18 bits per heavy atom. The van der Waals surface area contributed by atoms with Crippen molar-refractivity contribution in [2.24, 2.45) is 0 Å². The first kappa shape index (κ1) is 10.3. The maximum absolute atomic E-state index is 12.0. The predicted molar refractivity (Wildman–Crippen MR) is 64.1 cm³/mol. The Hall–Kier alpha value is -1.87. The van der Waals surface area contributed by atoms with Crippen molar-refractivity contribution in [3.63, 3.8) is 0 Å². The van der Waals surface area contributed by atoms with Gasteiger partial charge in [-0.05, 0) is 24.3 Å². The van der Waals surface area contributed by atoms with Gasteiger partial charge in [-0.1, -0.05) is 12.2 Å². The van der Waals surface area contributed by atoms with Crippen molar-refractivity contribution in [3.8, 4) is 5.88 Å². The number of hydrogen-bond donors (Lipinski definition) is 0. The average Bonchev–Trinajstić information content (AvgIpc) is 2.47. The largest absolute Gasteiger partial charge is 0.438 e.